The van der Waals surface area contributed by atoms with Gasteiger partial charge in [0.2, 0.25) is 10.0 Å². The summed E-state index contributed by atoms with van der Waals surface area (Å²) in [4.78, 5) is -0.562. The van der Waals surface area contributed by atoms with E-state index in [1.807, 2.05) is 13.8 Å². The normalized spacial score (nSPS) is 11.9. The molecule has 0 amide bonds. The molecule has 0 saturated carbocycles. The monoisotopic (exact) mass is 407 g/mol. The molecule has 1 heterocycles. The quantitative estimate of drug-likeness (QED) is 0.748. The van der Waals surface area contributed by atoms with Crippen LogP contribution in [0.15, 0.2) is 27.6 Å². The van der Waals surface area contributed by atoms with Crippen molar-refractivity contribution >= 4 is 26.0 Å². The van der Waals surface area contributed by atoms with Gasteiger partial charge in [-0.15, -0.1) is 0 Å². The van der Waals surface area contributed by atoms with Crippen LogP contribution in [0.3, 0.4) is 0 Å². The van der Waals surface area contributed by atoms with Crippen LogP contribution in [-0.2, 0) is 16.6 Å². The topological polar surface area (TPSA) is 64.0 Å². The van der Waals surface area contributed by atoms with E-state index in [1.165, 1.54) is 0 Å². The van der Waals surface area contributed by atoms with E-state index >= 15 is 0 Å². The highest BCUT2D eigenvalue weighted by Crippen LogP contribution is 2.20. The third kappa shape index (κ3) is 4.15. The zero-order chi connectivity index (χ0) is 17.2. The van der Waals surface area contributed by atoms with Crippen LogP contribution in [0.2, 0.25) is 0 Å². The molecule has 0 fully saturated rings. The van der Waals surface area contributed by atoms with E-state index in [1.54, 1.807) is 4.68 Å². The van der Waals surface area contributed by atoms with Crippen molar-refractivity contribution in [2.45, 2.75) is 31.7 Å². The fraction of sp³-hybridized carbons (Fsp3) is 0.357. The number of hydrogen-bond donors (Lipinski definition) is 1. The summed E-state index contributed by atoms with van der Waals surface area (Å²) >= 11 is 3.42. The Labute approximate surface area is 141 Å². The van der Waals surface area contributed by atoms with Gasteiger partial charge in [0.25, 0.3) is 0 Å². The van der Waals surface area contributed by atoms with Crippen molar-refractivity contribution in [1.29, 1.82) is 0 Å². The van der Waals surface area contributed by atoms with Crippen molar-refractivity contribution in [3.8, 4) is 0 Å². The van der Waals surface area contributed by atoms with Crippen LogP contribution >= 0.6 is 15.9 Å². The number of sulfonamides is 1. The van der Waals surface area contributed by atoms with E-state index in [4.69, 9.17) is 0 Å². The summed E-state index contributed by atoms with van der Waals surface area (Å²) in [6.45, 7) is 4.41. The van der Waals surface area contributed by atoms with E-state index in [0.29, 0.717) is 19.0 Å². The standard InChI is InChI=1S/C14H16BrF2N3O2S/c1-9-14(15)10(2)20(19-9)7-3-6-18-23(21,22)13-5-4-11(16)8-12(13)17/h4-5,8,18H,3,6-7H2,1-2H3. The number of nitrogens with one attached hydrogen (secondary N) is 1. The van der Waals surface area contributed by atoms with Gasteiger partial charge in [-0.3, -0.25) is 4.68 Å². The second-order valence-corrected chi connectivity index (χ2v) is 7.56. The number of rotatable bonds is 6. The molecule has 0 bridgehead atoms. The van der Waals surface area contributed by atoms with Crippen molar-refractivity contribution in [1.82, 2.24) is 14.5 Å². The minimum Gasteiger partial charge on any atom is -0.268 e. The molecule has 0 saturated heterocycles. The van der Waals surface area contributed by atoms with Gasteiger partial charge in [-0.2, -0.15) is 5.10 Å². The van der Waals surface area contributed by atoms with Crippen LogP contribution in [-0.4, -0.2) is 24.7 Å². The third-order valence-electron chi connectivity index (χ3n) is 3.32. The zero-order valence-corrected chi connectivity index (χ0v) is 15.0. The molecule has 2 aromatic rings. The van der Waals surface area contributed by atoms with Gasteiger partial charge in [0.15, 0.2) is 0 Å². The average Bonchev–Trinajstić information content (AvgIpc) is 2.70. The van der Waals surface area contributed by atoms with Crippen LogP contribution in [0.4, 0.5) is 8.78 Å². The van der Waals surface area contributed by atoms with E-state index < -0.39 is 26.6 Å². The highest BCUT2D eigenvalue weighted by molar-refractivity contribution is 9.10. The average molecular weight is 408 g/mol. The van der Waals surface area contributed by atoms with Crippen LogP contribution < -0.4 is 4.72 Å². The summed E-state index contributed by atoms with van der Waals surface area (Å²) in [5.74, 6) is -1.93. The molecular formula is C14H16BrF2N3O2S. The summed E-state index contributed by atoms with van der Waals surface area (Å²) in [6, 6.07) is 2.36. The molecule has 0 unspecified atom stereocenters. The molecule has 0 aliphatic rings. The van der Waals surface area contributed by atoms with Crippen LogP contribution in [0.25, 0.3) is 0 Å². The van der Waals surface area contributed by atoms with Gasteiger partial charge in [0.05, 0.1) is 10.2 Å². The Kier molecular flexibility index (Phi) is 5.53. The molecule has 0 atom stereocenters. The highest BCUT2D eigenvalue weighted by Gasteiger charge is 2.19. The molecule has 126 valence electrons. The van der Waals surface area contributed by atoms with Crippen LogP contribution in [0.5, 0.6) is 0 Å². The number of hydrogen-bond acceptors (Lipinski definition) is 3. The second-order valence-electron chi connectivity index (χ2n) is 5.03. The Morgan fingerprint density at radius 1 is 1.30 bits per heavy atom. The maximum atomic E-state index is 13.5. The maximum absolute atomic E-state index is 13.5. The molecule has 23 heavy (non-hydrogen) atoms. The molecule has 1 N–H and O–H groups in total. The van der Waals surface area contributed by atoms with Gasteiger partial charge in [0.1, 0.15) is 16.5 Å². The van der Waals surface area contributed by atoms with Gasteiger partial charge in [0, 0.05) is 24.8 Å². The molecule has 9 heteroatoms. The Bertz CT molecular complexity index is 822. The smallest absolute Gasteiger partial charge is 0.243 e. The first-order chi connectivity index (χ1) is 10.7. The molecule has 0 aliphatic carbocycles. The molecule has 0 aliphatic heterocycles. The Morgan fingerprint density at radius 2 is 2.00 bits per heavy atom. The molecular weight excluding hydrogens is 392 g/mol. The predicted molar refractivity (Wildman–Crippen MR) is 85.6 cm³/mol. The van der Waals surface area contributed by atoms with Gasteiger partial charge in [-0.25, -0.2) is 21.9 Å². The summed E-state index contributed by atoms with van der Waals surface area (Å²) in [5.41, 5.74) is 1.81. The van der Waals surface area contributed by atoms with Gasteiger partial charge in [-0.1, -0.05) is 0 Å². The SMILES string of the molecule is Cc1nn(CCCNS(=O)(=O)c2ccc(F)cc2F)c(C)c1Br. The summed E-state index contributed by atoms with van der Waals surface area (Å²) in [7, 11) is -4.01. The number of aryl methyl sites for hydroxylation is 2. The van der Waals surface area contributed by atoms with Gasteiger partial charge in [-0.05, 0) is 48.3 Å². The third-order valence-corrected chi connectivity index (χ3v) is 5.96. The molecule has 1 aromatic carbocycles. The lowest BCUT2D eigenvalue weighted by molar-refractivity contribution is 0.531. The van der Waals surface area contributed by atoms with E-state index in [2.05, 4.69) is 25.8 Å². The van der Waals surface area contributed by atoms with E-state index in [0.717, 1.165) is 28.0 Å². The van der Waals surface area contributed by atoms with Crippen molar-refractivity contribution in [2.24, 2.45) is 0 Å². The molecule has 0 spiro atoms. The largest absolute Gasteiger partial charge is 0.268 e. The maximum Gasteiger partial charge on any atom is 0.243 e. The van der Waals surface area contributed by atoms with Crippen LogP contribution in [0.1, 0.15) is 17.8 Å². The predicted octanol–water partition coefficient (Wildman–Crippen LogP) is 2.91. The lowest BCUT2D eigenvalue weighted by atomic mass is 10.3. The lowest BCUT2D eigenvalue weighted by Gasteiger charge is -2.08. The molecule has 0 radical (unpaired) electrons. The first-order valence-corrected chi connectivity index (χ1v) is 9.14. The van der Waals surface area contributed by atoms with Crippen molar-refractivity contribution in [2.75, 3.05) is 6.54 Å². The van der Waals surface area contributed by atoms with Crippen molar-refractivity contribution in [3.05, 3.63) is 45.7 Å². The van der Waals surface area contributed by atoms with Crippen LogP contribution in [0, 0.1) is 25.5 Å². The minimum atomic E-state index is -4.01. The Morgan fingerprint density at radius 3 is 2.57 bits per heavy atom. The first-order valence-electron chi connectivity index (χ1n) is 6.86. The van der Waals surface area contributed by atoms with Gasteiger partial charge < -0.3 is 0 Å². The molecule has 2 rings (SSSR count). The zero-order valence-electron chi connectivity index (χ0n) is 12.6. The fourth-order valence-electron chi connectivity index (χ4n) is 2.10. The van der Waals surface area contributed by atoms with Crippen molar-refractivity contribution in [3.63, 3.8) is 0 Å². The summed E-state index contributed by atoms with van der Waals surface area (Å²) < 4.78 is 55.4. The number of halogens is 3. The van der Waals surface area contributed by atoms with E-state index in [-0.39, 0.29) is 6.54 Å². The Hall–Kier alpha value is -1.32. The number of nitrogens with zero attached hydrogens (tertiary/aromatic N) is 2. The van der Waals surface area contributed by atoms with E-state index in [9.17, 15) is 17.2 Å². The molecule has 1 aromatic heterocycles. The van der Waals surface area contributed by atoms with Crippen molar-refractivity contribution < 1.29 is 17.2 Å². The lowest BCUT2D eigenvalue weighted by Crippen LogP contribution is -2.26. The van der Waals surface area contributed by atoms with Gasteiger partial charge >= 0.3 is 0 Å². The minimum absolute atomic E-state index is 0.120. The number of benzene rings is 1. The number of aromatic nitrogens is 2. The summed E-state index contributed by atoms with van der Waals surface area (Å²) in [5, 5.41) is 4.32. The fourth-order valence-corrected chi connectivity index (χ4v) is 3.51. The first kappa shape index (κ1) is 18.0. The summed E-state index contributed by atoms with van der Waals surface area (Å²) in [6.07, 6.45) is 0.483. The molecule has 5 nitrogen and oxygen atoms in total. The Balaban J connectivity index is 1.96. The second kappa shape index (κ2) is 7.06. The highest BCUT2D eigenvalue weighted by atomic mass is 79.9.